The molecular formula is C13H12N2O. The van der Waals surface area contributed by atoms with Crippen molar-refractivity contribution >= 4 is 6.29 Å². The van der Waals surface area contributed by atoms with E-state index in [1.807, 2.05) is 38.1 Å². The van der Waals surface area contributed by atoms with Crippen LogP contribution in [0.4, 0.5) is 0 Å². The molecule has 3 nitrogen and oxygen atoms in total. The lowest BCUT2D eigenvalue weighted by Gasteiger charge is -2.05. The Kier molecular flexibility index (Phi) is 2.77. The van der Waals surface area contributed by atoms with Crippen LogP contribution in [-0.4, -0.2) is 16.3 Å². The van der Waals surface area contributed by atoms with E-state index < -0.39 is 0 Å². The molecule has 2 aromatic rings. The van der Waals surface area contributed by atoms with E-state index in [0.717, 1.165) is 29.1 Å². The number of hydrogen-bond donors (Lipinski definition) is 0. The molecule has 0 aliphatic heterocycles. The number of aldehydes is 1. The van der Waals surface area contributed by atoms with Gasteiger partial charge in [0.25, 0.3) is 0 Å². The van der Waals surface area contributed by atoms with Crippen molar-refractivity contribution in [1.82, 2.24) is 9.97 Å². The van der Waals surface area contributed by atoms with Crippen LogP contribution in [0, 0.1) is 13.8 Å². The highest BCUT2D eigenvalue weighted by molar-refractivity contribution is 5.86. The van der Waals surface area contributed by atoms with Crippen molar-refractivity contribution < 1.29 is 4.79 Å². The summed E-state index contributed by atoms with van der Waals surface area (Å²) in [6.07, 6.45) is 0.849. The number of aromatic nitrogens is 2. The minimum absolute atomic E-state index is 0.653. The summed E-state index contributed by atoms with van der Waals surface area (Å²) in [5.74, 6) is 0.718. The van der Waals surface area contributed by atoms with Crippen LogP contribution in [0.2, 0.25) is 0 Å². The molecule has 3 heteroatoms. The van der Waals surface area contributed by atoms with Gasteiger partial charge in [-0.15, -0.1) is 0 Å². The Morgan fingerprint density at radius 1 is 1.12 bits per heavy atom. The Labute approximate surface area is 94.2 Å². The van der Waals surface area contributed by atoms with Crippen molar-refractivity contribution in [3.05, 3.63) is 47.4 Å². The van der Waals surface area contributed by atoms with Crippen LogP contribution in [0.5, 0.6) is 0 Å². The molecule has 0 bridgehead atoms. The second kappa shape index (κ2) is 4.23. The first-order chi connectivity index (χ1) is 7.70. The molecule has 0 N–H and O–H groups in total. The quantitative estimate of drug-likeness (QED) is 0.718. The molecule has 0 aliphatic carbocycles. The molecule has 16 heavy (non-hydrogen) atoms. The van der Waals surface area contributed by atoms with Crippen LogP contribution >= 0.6 is 0 Å². The van der Waals surface area contributed by atoms with Crippen LogP contribution in [0.15, 0.2) is 30.3 Å². The summed E-state index contributed by atoms with van der Waals surface area (Å²) in [4.78, 5) is 19.5. The maximum absolute atomic E-state index is 10.9. The third kappa shape index (κ3) is 1.98. The van der Waals surface area contributed by atoms with Crippen molar-refractivity contribution in [2.24, 2.45) is 0 Å². The molecule has 0 atom stereocenters. The molecule has 1 heterocycles. The molecule has 0 saturated carbocycles. The highest BCUT2D eigenvalue weighted by Crippen LogP contribution is 2.20. The maximum atomic E-state index is 10.9. The average molecular weight is 212 g/mol. The predicted molar refractivity (Wildman–Crippen MR) is 62.3 cm³/mol. The second-order valence-corrected chi connectivity index (χ2v) is 3.65. The number of benzene rings is 1. The van der Waals surface area contributed by atoms with Crippen molar-refractivity contribution in [2.75, 3.05) is 0 Å². The third-order valence-corrected chi connectivity index (χ3v) is 2.33. The Morgan fingerprint density at radius 2 is 1.88 bits per heavy atom. The van der Waals surface area contributed by atoms with Gasteiger partial charge in [0, 0.05) is 16.8 Å². The SMILES string of the molecule is Cc1cc(-c2ccccc2C=O)nc(C)n1. The lowest BCUT2D eigenvalue weighted by Crippen LogP contribution is -1.96. The highest BCUT2D eigenvalue weighted by atomic mass is 16.1. The molecule has 0 aliphatic rings. The fraction of sp³-hybridized carbons (Fsp3) is 0.154. The normalized spacial score (nSPS) is 10.1. The molecule has 0 unspecified atom stereocenters. The molecule has 1 aromatic carbocycles. The van der Waals surface area contributed by atoms with Crippen molar-refractivity contribution in [3.63, 3.8) is 0 Å². The summed E-state index contributed by atoms with van der Waals surface area (Å²) in [6.45, 7) is 3.77. The Balaban J connectivity index is 2.62. The number of rotatable bonds is 2. The Bertz CT molecular complexity index is 515. The van der Waals surface area contributed by atoms with E-state index in [4.69, 9.17) is 0 Å². The van der Waals surface area contributed by atoms with Gasteiger partial charge in [-0.3, -0.25) is 4.79 Å². The van der Waals surface area contributed by atoms with Gasteiger partial charge in [-0.2, -0.15) is 0 Å². The topological polar surface area (TPSA) is 42.9 Å². The molecule has 80 valence electrons. The number of nitrogens with zero attached hydrogens (tertiary/aromatic N) is 2. The molecule has 1 aromatic heterocycles. The lowest BCUT2D eigenvalue weighted by molar-refractivity contribution is 0.112. The maximum Gasteiger partial charge on any atom is 0.150 e. The van der Waals surface area contributed by atoms with Crippen molar-refractivity contribution in [2.45, 2.75) is 13.8 Å². The first-order valence-corrected chi connectivity index (χ1v) is 5.07. The van der Waals surface area contributed by atoms with Crippen molar-refractivity contribution in [3.8, 4) is 11.3 Å². The Hall–Kier alpha value is -2.03. The number of carbonyl (C=O) groups excluding carboxylic acids is 1. The lowest BCUT2D eigenvalue weighted by atomic mass is 10.0. The average Bonchev–Trinajstić information content (AvgIpc) is 2.27. The largest absolute Gasteiger partial charge is 0.298 e. The third-order valence-electron chi connectivity index (χ3n) is 2.33. The summed E-state index contributed by atoms with van der Waals surface area (Å²) < 4.78 is 0. The van der Waals surface area contributed by atoms with E-state index in [2.05, 4.69) is 9.97 Å². The second-order valence-electron chi connectivity index (χ2n) is 3.65. The fourth-order valence-corrected chi connectivity index (χ4v) is 1.69. The van der Waals surface area contributed by atoms with E-state index in [0.29, 0.717) is 5.56 Å². The van der Waals surface area contributed by atoms with Gasteiger partial charge >= 0.3 is 0 Å². The van der Waals surface area contributed by atoms with Gasteiger partial charge in [0.05, 0.1) is 5.69 Å². The van der Waals surface area contributed by atoms with Gasteiger partial charge in [-0.25, -0.2) is 9.97 Å². The molecule has 0 spiro atoms. The van der Waals surface area contributed by atoms with Gasteiger partial charge in [0.1, 0.15) is 5.82 Å². The van der Waals surface area contributed by atoms with E-state index >= 15 is 0 Å². The van der Waals surface area contributed by atoms with E-state index in [1.165, 1.54) is 0 Å². The van der Waals surface area contributed by atoms with Crippen LogP contribution in [0.3, 0.4) is 0 Å². The number of hydrogen-bond acceptors (Lipinski definition) is 3. The van der Waals surface area contributed by atoms with Gasteiger partial charge < -0.3 is 0 Å². The standard InChI is InChI=1S/C13H12N2O/c1-9-7-13(15-10(2)14-9)12-6-4-3-5-11(12)8-16/h3-8H,1-2H3. The van der Waals surface area contributed by atoms with Crippen LogP contribution in [0.25, 0.3) is 11.3 Å². The minimum Gasteiger partial charge on any atom is -0.298 e. The minimum atomic E-state index is 0.653. The van der Waals surface area contributed by atoms with E-state index in [1.54, 1.807) is 6.07 Å². The zero-order valence-corrected chi connectivity index (χ0v) is 9.27. The summed E-state index contributed by atoms with van der Waals surface area (Å²) >= 11 is 0. The van der Waals surface area contributed by atoms with Gasteiger partial charge in [0.2, 0.25) is 0 Å². The van der Waals surface area contributed by atoms with Crippen LogP contribution in [0.1, 0.15) is 21.9 Å². The van der Waals surface area contributed by atoms with E-state index in [-0.39, 0.29) is 0 Å². The summed E-state index contributed by atoms with van der Waals surface area (Å²) in [6, 6.07) is 9.30. The molecule has 2 rings (SSSR count). The van der Waals surface area contributed by atoms with Gasteiger partial charge in [-0.1, -0.05) is 24.3 Å². The zero-order chi connectivity index (χ0) is 11.5. The van der Waals surface area contributed by atoms with Gasteiger partial charge in [-0.05, 0) is 19.9 Å². The smallest absolute Gasteiger partial charge is 0.150 e. The number of carbonyl (C=O) groups is 1. The molecule has 0 fully saturated rings. The van der Waals surface area contributed by atoms with Crippen LogP contribution in [-0.2, 0) is 0 Å². The van der Waals surface area contributed by atoms with Gasteiger partial charge in [0.15, 0.2) is 6.29 Å². The van der Waals surface area contributed by atoms with Crippen LogP contribution < -0.4 is 0 Å². The molecular weight excluding hydrogens is 200 g/mol. The van der Waals surface area contributed by atoms with Crippen molar-refractivity contribution in [1.29, 1.82) is 0 Å². The summed E-state index contributed by atoms with van der Waals surface area (Å²) in [5.41, 5.74) is 3.21. The van der Waals surface area contributed by atoms with E-state index in [9.17, 15) is 4.79 Å². The molecule has 0 radical (unpaired) electrons. The Morgan fingerprint density at radius 3 is 2.56 bits per heavy atom. The first kappa shape index (κ1) is 10.5. The number of aryl methyl sites for hydroxylation is 2. The monoisotopic (exact) mass is 212 g/mol. The predicted octanol–water partition coefficient (Wildman–Crippen LogP) is 2.57. The molecule has 0 amide bonds. The highest BCUT2D eigenvalue weighted by Gasteiger charge is 2.06. The fourth-order valence-electron chi connectivity index (χ4n) is 1.69. The zero-order valence-electron chi connectivity index (χ0n) is 9.27. The summed E-state index contributed by atoms with van der Waals surface area (Å²) in [7, 11) is 0. The summed E-state index contributed by atoms with van der Waals surface area (Å²) in [5, 5.41) is 0. The first-order valence-electron chi connectivity index (χ1n) is 5.07. The molecule has 0 saturated heterocycles.